The summed E-state index contributed by atoms with van der Waals surface area (Å²) in [5.41, 5.74) is 1.82. The molecule has 0 atom stereocenters. The van der Waals surface area contributed by atoms with Crippen molar-refractivity contribution in [1.29, 1.82) is 0 Å². The highest BCUT2D eigenvalue weighted by Crippen LogP contribution is 2.30. The zero-order valence-electron chi connectivity index (χ0n) is 14.9. The van der Waals surface area contributed by atoms with Gasteiger partial charge in [-0.1, -0.05) is 0 Å². The van der Waals surface area contributed by atoms with Crippen LogP contribution in [0.15, 0.2) is 41.0 Å². The van der Waals surface area contributed by atoms with Gasteiger partial charge in [0.15, 0.2) is 22.4 Å². The molecule has 1 aromatic carbocycles. The van der Waals surface area contributed by atoms with E-state index < -0.39 is 0 Å². The van der Waals surface area contributed by atoms with Crippen molar-refractivity contribution in [3.05, 3.63) is 41.7 Å². The summed E-state index contributed by atoms with van der Waals surface area (Å²) >= 11 is 1.61. The molecule has 0 spiro atoms. The molecule has 0 saturated heterocycles. The van der Waals surface area contributed by atoms with Crippen molar-refractivity contribution in [2.45, 2.75) is 13.5 Å². The van der Waals surface area contributed by atoms with Gasteiger partial charge in [-0.2, -0.15) is 0 Å². The molecule has 3 aromatic rings. The number of aliphatic imine (C=N–C) groups is 1. The Balaban J connectivity index is 0.00000243. The molecule has 0 radical (unpaired) electrons. The first-order valence-electron chi connectivity index (χ1n) is 7.93. The van der Waals surface area contributed by atoms with Crippen molar-refractivity contribution in [3.63, 3.8) is 0 Å². The molecule has 0 unspecified atom stereocenters. The summed E-state index contributed by atoms with van der Waals surface area (Å²) in [6, 6.07) is 5.67. The van der Waals surface area contributed by atoms with Gasteiger partial charge in [-0.3, -0.25) is 9.39 Å². The zero-order valence-corrected chi connectivity index (χ0v) is 18.0. The Hall–Kier alpha value is -2.01. The van der Waals surface area contributed by atoms with Crippen molar-refractivity contribution in [2.24, 2.45) is 4.99 Å². The highest BCUT2D eigenvalue weighted by Gasteiger charge is 2.08. The summed E-state index contributed by atoms with van der Waals surface area (Å²) in [4.78, 5) is 9.78. The number of imidazole rings is 1. The molecule has 26 heavy (non-hydrogen) atoms. The number of nitrogens with one attached hydrogen (secondary N) is 2. The van der Waals surface area contributed by atoms with E-state index in [9.17, 15) is 0 Å². The van der Waals surface area contributed by atoms with Gasteiger partial charge in [0.2, 0.25) is 0 Å². The number of hydrogen-bond donors (Lipinski definition) is 2. The average Bonchev–Trinajstić information content (AvgIpc) is 3.20. The number of nitrogens with zero attached hydrogens (tertiary/aromatic N) is 3. The number of guanidine groups is 1. The van der Waals surface area contributed by atoms with Crippen LogP contribution < -0.4 is 20.1 Å². The standard InChI is InChI=1S/C17H21N5O2S.HI/c1-4-24-15-9-12(5-6-14(15)23-3)20-16(18-2)19-10-13-11-22-7-8-25-17(22)21-13;/h5-9,11H,4,10H2,1-3H3,(H2,18,19,20);1H. The molecule has 0 aliphatic carbocycles. The van der Waals surface area contributed by atoms with Crippen molar-refractivity contribution in [1.82, 2.24) is 14.7 Å². The van der Waals surface area contributed by atoms with Gasteiger partial charge in [-0.25, -0.2) is 4.98 Å². The van der Waals surface area contributed by atoms with Crippen molar-refractivity contribution in [2.75, 3.05) is 26.1 Å². The molecule has 9 heteroatoms. The molecule has 7 nitrogen and oxygen atoms in total. The first-order chi connectivity index (χ1) is 12.2. The molecular weight excluding hydrogens is 465 g/mol. The van der Waals surface area contributed by atoms with Crippen molar-refractivity contribution < 1.29 is 9.47 Å². The quantitative estimate of drug-likeness (QED) is 0.316. The smallest absolute Gasteiger partial charge is 0.195 e. The topological polar surface area (TPSA) is 72.2 Å². The first kappa shape index (κ1) is 20.3. The Kier molecular flexibility index (Phi) is 7.51. The number of aromatic nitrogens is 2. The van der Waals surface area contributed by atoms with Crippen LogP contribution in [-0.4, -0.2) is 36.1 Å². The fourth-order valence-corrected chi connectivity index (χ4v) is 3.09. The first-order valence-corrected chi connectivity index (χ1v) is 8.81. The van der Waals surface area contributed by atoms with Gasteiger partial charge in [0, 0.05) is 36.6 Å². The van der Waals surface area contributed by atoms with Crippen molar-refractivity contribution in [3.8, 4) is 11.5 Å². The van der Waals surface area contributed by atoms with Gasteiger partial charge in [0.05, 0.1) is 26.0 Å². The number of ether oxygens (including phenoxy) is 2. The van der Waals surface area contributed by atoms with Gasteiger partial charge in [-0.05, 0) is 19.1 Å². The largest absolute Gasteiger partial charge is 0.493 e. The van der Waals surface area contributed by atoms with Crippen LogP contribution in [0.1, 0.15) is 12.6 Å². The predicted octanol–water partition coefficient (Wildman–Crippen LogP) is 3.61. The number of benzene rings is 1. The second-order valence-corrected chi connectivity index (χ2v) is 6.05. The third kappa shape index (κ3) is 4.79. The second kappa shape index (κ2) is 9.62. The molecular formula is C17H22IN5O2S. The molecule has 0 fully saturated rings. The van der Waals surface area contributed by atoms with Crippen LogP contribution in [0.25, 0.3) is 4.96 Å². The number of halogens is 1. The number of rotatable bonds is 6. The highest BCUT2D eigenvalue weighted by molar-refractivity contribution is 14.0. The minimum Gasteiger partial charge on any atom is -0.493 e. The molecule has 0 aliphatic rings. The fourth-order valence-electron chi connectivity index (χ4n) is 2.37. The maximum absolute atomic E-state index is 5.60. The van der Waals surface area contributed by atoms with E-state index in [4.69, 9.17) is 9.47 Å². The van der Waals surface area contributed by atoms with Gasteiger partial charge in [0.25, 0.3) is 0 Å². The maximum Gasteiger partial charge on any atom is 0.195 e. The summed E-state index contributed by atoms with van der Waals surface area (Å²) in [6.07, 6.45) is 4.00. The van der Waals surface area contributed by atoms with Gasteiger partial charge < -0.3 is 20.1 Å². The number of thiazole rings is 1. The molecule has 2 N–H and O–H groups in total. The minimum absolute atomic E-state index is 0. The Morgan fingerprint density at radius 2 is 2.19 bits per heavy atom. The zero-order chi connectivity index (χ0) is 17.6. The predicted molar refractivity (Wildman–Crippen MR) is 116 cm³/mol. The van der Waals surface area contributed by atoms with E-state index in [-0.39, 0.29) is 24.0 Å². The molecule has 0 amide bonds. The maximum atomic E-state index is 5.60. The number of anilines is 1. The molecule has 0 saturated carbocycles. The van der Waals surface area contributed by atoms with E-state index in [1.54, 1.807) is 25.5 Å². The summed E-state index contributed by atoms with van der Waals surface area (Å²) in [6.45, 7) is 3.10. The lowest BCUT2D eigenvalue weighted by molar-refractivity contribution is 0.311. The van der Waals surface area contributed by atoms with E-state index in [0.29, 0.717) is 30.6 Å². The highest BCUT2D eigenvalue weighted by atomic mass is 127. The van der Waals surface area contributed by atoms with Gasteiger partial charge in [-0.15, -0.1) is 35.3 Å². The number of fused-ring (bicyclic) bond motifs is 1. The number of methoxy groups -OCH3 is 1. The number of hydrogen-bond acceptors (Lipinski definition) is 5. The third-order valence-corrected chi connectivity index (χ3v) is 4.30. The molecule has 3 rings (SSSR count). The normalized spacial score (nSPS) is 11.1. The average molecular weight is 487 g/mol. The van der Waals surface area contributed by atoms with Crippen LogP contribution in [0.5, 0.6) is 11.5 Å². The minimum atomic E-state index is 0. The van der Waals surface area contributed by atoms with Gasteiger partial charge >= 0.3 is 0 Å². The van der Waals surface area contributed by atoms with Crippen molar-refractivity contribution >= 4 is 51.9 Å². The Morgan fingerprint density at radius 3 is 2.88 bits per heavy atom. The Labute approximate surface area is 173 Å². The van der Waals surface area contributed by atoms with E-state index in [1.165, 1.54) is 0 Å². The summed E-state index contributed by atoms with van der Waals surface area (Å²) in [7, 11) is 3.36. The third-order valence-electron chi connectivity index (χ3n) is 3.53. The van der Waals surface area contributed by atoms with Crippen LogP contribution in [0.4, 0.5) is 5.69 Å². The molecule has 2 heterocycles. The van der Waals surface area contributed by atoms with Crippen LogP contribution in [-0.2, 0) is 6.54 Å². The Bertz CT molecular complexity index is 849. The summed E-state index contributed by atoms with van der Waals surface area (Å²) < 4.78 is 12.9. The Morgan fingerprint density at radius 1 is 1.35 bits per heavy atom. The molecule has 0 aliphatic heterocycles. The lowest BCUT2D eigenvalue weighted by atomic mass is 10.2. The molecule has 0 bridgehead atoms. The molecule has 2 aromatic heterocycles. The van der Waals surface area contributed by atoms with Crippen LogP contribution in [0.2, 0.25) is 0 Å². The van der Waals surface area contributed by atoms with Gasteiger partial charge in [0.1, 0.15) is 0 Å². The van der Waals surface area contributed by atoms with E-state index in [0.717, 1.165) is 16.3 Å². The van der Waals surface area contributed by atoms with E-state index in [2.05, 4.69) is 20.6 Å². The summed E-state index contributed by atoms with van der Waals surface area (Å²) in [5.74, 6) is 2.05. The monoisotopic (exact) mass is 487 g/mol. The second-order valence-electron chi connectivity index (χ2n) is 5.17. The summed E-state index contributed by atoms with van der Waals surface area (Å²) in [5, 5.41) is 8.52. The lowest BCUT2D eigenvalue weighted by Crippen LogP contribution is -2.30. The van der Waals surface area contributed by atoms with Crippen LogP contribution in [0.3, 0.4) is 0 Å². The van der Waals surface area contributed by atoms with Crippen LogP contribution >= 0.6 is 35.3 Å². The van der Waals surface area contributed by atoms with Crippen LogP contribution in [0, 0.1) is 0 Å². The molecule has 140 valence electrons. The SMILES string of the molecule is CCOc1cc(NC(=NC)NCc2cn3ccsc3n2)ccc1OC.I. The lowest BCUT2D eigenvalue weighted by Gasteiger charge is -2.14. The fraction of sp³-hybridized carbons (Fsp3) is 0.294. The van der Waals surface area contributed by atoms with E-state index >= 15 is 0 Å². The van der Waals surface area contributed by atoms with E-state index in [1.807, 2.05) is 47.3 Å².